The average molecular weight is 210 g/mol. The molecule has 0 saturated carbocycles. The standard InChI is InChI=1S/C10H12NO2S/c12-14(13)10-6-2-1-5-9(10)11-7-3-4-8-11/h1-3,5-6,14H,4,7-8H2. The molecule has 0 amide bonds. The molecule has 75 valence electrons. The maximum absolute atomic E-state index is 11.0. The third-order valence-electron chi connectivity index (χ3n) is 2.37. The van der Waals surface area contributed by atoms with Crippen LogP contribution in [-0.4, -0.2) is 21.5 Å². The van der Waals surface area contributed by atoms with E-state index in [-0.39, 0.29) is 0 Å². The van der Waals surface area contributed by atoms with Gasteiger partial charge in [-0.1, -0.05) is 12.1 Å². The van der Waals surface area contributed by atoms with Crippen LogP contribution in [0.1, 0.15) is 6.42 Å². The van der Waals surface area contributed by atoms with Crippen molar-refractivity contribution in [3.63, 3.8) is 0 Å². The molecule has 1 heterocycles. The molecule has 1 aromatic rings. The summed E-state index contributed by atoms with van der Waals surface area (Å²) in [5, 5.41) is 0. The van der Waals surface area contributed by atoms with Crippen LogP contribution in [0.4, 0.5) is 5.69 Å². The zero-order chi connectivity index (χ0) is 9.97. The molecular weight excluding hydrogens is 198 g/mol. The highest BCUT2D eigenvalue weighted by molar-refractivity contribution is 7.72. The van der Waals surface area contributed by atoms with Gasteiger partial charge in [-0.15, -0.1) is 0 Å². The van der Waals surface area contributed by atoms with E-state index in [1.807, 2.05) is 12.1 Å². The van der Waals surface area contributed by atoms with E-state index in [4.69, 9.17) is 0 Å². The van der Waals surface area contributed by atoms with E-state index in [2.05, 4.69) is 11.3 Å². The zero-order valence-electron chi connectivity index (χ0n) is 7.72. The van der Waals surface area contributed by atoms with Crippen LogP contribution < -0.4 is 4.90 Å². The van der Waals surface area contributed by atoms with E-state index < -0.39 is 10.7 Å². The number of thiol groups is 1. The predicted octanol–water partition coefficient (Wildman–Crippen LogP) is 1.07. The molecule has 4 heteroatoms. The first-order valence-corrected chi connectivity index (χ1v) is 5.77. The molecule has 1 aliphatic heterocycles. The van der Waals surface area contributed by atoms with Crippen LogP contribution in [0.15, 0.2) is 29.2 Å². The molecule has 1 aliphatic rings. The van der Waals surface area contributed by atoms with Crippen molar-refractivity contribution in [3.8, 4) is 0 Å². The Bertz CT molecular complexity index is 387. The maximum Gasteiger partial charge on any atom is 0.170 e. The highest BCUT2D eigenvalue weighted by Gasteiger charge is 2.16. The van der Waals surface area contributed by atoms with E-state index in [9.17, 15) is 8.42 Å². The molecule has 14 heavy (non-hydrogen) atoms. The Morgan fingerprint density at radius 3 is 2.64 bits per heavy atom. The van der Waals surface area contributed by atoms with Crippen LogP contribution in [0.2, 0.25) is 0 Å². The highest BCUT2D eigenvalue weighted by Crippen LogP contribution is 2.24. The van der Waals surface area contributed by atoms with Gasteiger partial charge in [-0.3, -0.25) is 0 Å². The van der Waals surface area contributed by atoms with E-state index >= 15 is 0 Å². The Morgan fingerprint density at radius 1 is 1.21 bits per heavy atom. The van der Waals surface area contributed by atoms with Crippen molar-refractivity contribution < 1.29 is 8.42 Å². The lowest BCUT2D eigenvalue weighted by Gasteiger charge is -2.18. The summed E-state index contributed by atoms with van der Waals surface area (Å²) in [7, 11) is -2.49. The van der Waals surface area contributed by atoms with E-state index in [1.54, 1.807) is 12.1 Å². The van der Waals surface area contributed by atoms with Crippen molar-refractivity contribution >= 4 is 16.4 Å². The number of hydrogen-bond donors (Lipinski definition) is 1. The zero-order valence-corrected chi connectivity index (χ0v) is 8.61. The number of hydrogen-bond acceptors (Lipinski definition) is 3. The monoisotopic (exact) mass is 210 g/mol. The Labute approximate surface area is 85.3 Å². The summed E-state index contributed by atoms with van der Waals surface area (Å²) in [6.45, 7) is 1.76. The average Bonchev–Trinajstić information content (AvgIpc) is 2.70. The SMILES string of the molecule is O=[SH](=O)c1ccccc1N1C[CH]CC1. The Morgan fingerprint density at radius 2 is 2.00 bits per heavy atom. The molecule has 0 spiro atoms. The van der Waals surface area contributed by atoms with Crippen LogP contribution >= 0.6 is 0 Å². The van der Waals surface area contributed by atoms with Gasteiger partial charge in [0.25, 0.3) is 0 Å². The molecule has 0 aromatic heterocycles. The summed E-state index contributed by atoms with van der Waals surface area (Å²) >= 11 is 0. The molecule has 0 bridgehead atoms. The molecule has 0 aliphatic carbocycles. The number of anilines is 1. The first-order valence-electron chi connectivity index (χ1n) is 4.59. The molecule has 0 atom stereocenters. The molecule has 1 aromatic carbocycles. The minimum atomic E-state index is -2.49. The molecule has 0 N–H and O–H groups in total. The summed E-state index contributed by atoms with van der Waals surface area (Å²) in [5.74, 6) is 0. The van der Waals surface area contributed by atoms with Gasteiger partial charge in [0.15, 0.2) is 10.7 Å². The van der Waals surface area contributed by atoms with Crippen LogP contribution in [0.3, 0.4) is 0 Å². The summed E-state index contributed by atoms with van der Waals surface area (Å²) in [6, 6.07) is 7.14. The van der Waals surface area contributed by atoms with Crippen molar-refractivity contribution in [2.75, 3.05) is 18.0 Å². The van der Waals surface area contributed by atoms with Crippen LogP contribution in [0, 0.1) is 6.42 Å². The number of para-hydroxylation sites is 1. The van der Waals surface area contributed by atoms with Crippen molar-refractivity contribution in [1.82, 2.24) is 0 Å². The molecule has 2 rings (SSSR count). The van der Waals surface area contributed by atoms with Gasteiger partial charge >= 0.3 is 0 Å². The van der Waals surface area contributed by atoms with E-state index in [0.717, 1.165) is 25.2 Å². The third kappa shape index (κ3) is 1.75. The van der Waals surface area contributed by atoms with Crippen molar-refractivity contribution in [2.45, 2.75) is 11.3 Å². The smallest absolute Gasteiger partial charge is 0.170 e. The first-order chi connectivity index (χ1) is 6.79. The third-order valence-corrected chi connectivity index (χ3v) is 3.14. The number of benzene rings is 1. The largest absolute Gasteiger partial charge is 0.370 e. The molecule has 0 unspecified atom stereocenters. The van der Waals surface area contributed by atoms with Gasteiger partial charge in [0.05, 0.1) is 10.6 Å². The number of nitrogens with zero attached hydrogens (tertiary/aromatic N) is 1. The van der Waals surface area contributed by atoms with Crippen molar-refractivity contribution in [1.29, 1.82) is 0 Å². The normalized spacial score (nSPS) is 16.5. The van der Waals surface area contributed by atoms with Crippen molar-refractivity contribution in [2.24, 2.45) is 0 Å². The fraction of sp³-hybridized carbons (Fsp3) is 0.300. The van der Waals surface area contributed by atoms with Gasteiger partial charge in [-0.2, -0.15) is 0 Å². The summed E-state index contributed by atoms with van der Waals surface area (Å²) in [5.41, 5.74) is 0.831. The van der Waals surface area contributed by atoms with E-state index in [0.29, 0.717) is 4.90 Å². The fourth-order valence-corrected chi connectivity index (χ4v) is 2.30. The Balaban J connectivity index is 2.40. The quantitative estimate of drug-likeness (QED) is 0.742. The summed E-state index contributed by atoms with van der Waals surface area (Å²) < 4.78 is 22.0. The molecule has 1 fully saturated rings. The molecule has 1 radical (unpaired) electrons. The molecule has 1 saturated heterocycles. The minimum absolute atomic E-state index is 0.429. The van der Waals surface area contributed by atoms with Gasteiger partial charge in [-0.25, -0.2) is 8.42 Å². The lowest BCUT2D eigenvalue weighted by Crippen LogP contribution is -2.18. The summed E-state index contributed by atoms with van der Waals surface area (Å²) in [6.07, 6.45) is 3.19. The minimum Gasteiger partial charge on any atom is -0.370 e. The lowest BCUT2D eigenvalue weighted by molar-refractivity contribution is 0.614. The lowest BCUT2D eigenvalue weighted by atomic mass is 10.3. The Kier molecular flexibility index (Phi) is 2.72. The summed E-state index contributed by atoms with van der Waals surface area (Å²) in [4.78, 5) is 2.51. The first kappa shape index (κ1) is 9.52. The highest BCUT2D eigenvalue weighted by atomic mass is 32.2. The topological polar surface area (TPSA) is 37.4 Å². The second-order valence-corrected chi connectivity index (χ2v) is 4.27. The van der Waals surface area contributed by atoms with Gasteiger partial charge in [0.2, 0.25) is 0 Å². The predicted molar refractivity (Wildman–Crippen MR) is 56.2 cm³/mol. The van der Waals surface area contributed by atoms with Gasteiger partial charge < -0.3 is 4.90 Å². The van der Waals surface area contributed by atoms with Crippen LogP contribution in [0.25, 0.3) is 0 Å². The second kappa shape index (κ2) is 4.00. The molecular formula is C10H12NO2S. The van der Waals surface area contributed by atoms with Gasteiger partial charge in [0.1, 0.15) is 0 Å². The van der Waals surface area contributed by atoms with E-state index in [1.165, 1.54) is 0 Å². The number of rotatable bonds is 2. The fourth-order valence-electron chi connectivity index (χ4n) is 1.69. The van der Waals surface area contributed by atoms with Crippen LogP contribution in [-0.2, 0) is 10.7 Å². The van der Waals surface area contributed by atoms with Gasteiger partial charge in [0, 0.05) is 13.1 Å². The maximum atomic E-state index is 11.0. The van der Waals surface area contributed by atoms with Crippen LogP contribution in [0.5, 0.6) is 0 Å². The van der Waals surface area contributed by atoms with Gasteiger partial charge in [-0.05, 0) is 25.0 Å². The Hall–Kier alpha value is -1.03. The van der Waals surface area contributed by atoms with Crippen molar-refractivity contribution in [3.05, 3.63) is 30.7 Å². The second-order valence-electron chi connectivity index (χ2n) is 3.27. The molecule has 3 nitrogen and oxygen atoms in total.